The lowest BCUT2D eigenvalue weighted by molar-refractivity contribution is -0.209. The molecule has 2 N–H and O–H groups in total. The van der Waals surface area contributed by atoms with Crippen LogP contribution in [0.25, 0.3) is 0 Å². The average Bonchev–Trinajstić information content (AvgIpc) is 3.62. The maximum absolute atomic E-state index is 12.1. The van der Waals surface area contributed by atoms with Crippen LogP contribution in [0.1, 0.15) is 72.6 Å². The van der Waals surface area contributed by atoms with Gasteiger partial charge in [0.05, 0.1) is 36.9 Å². The van der Waals surface area contributed by atoms with E-state index in [4.69, 9.17) is 18.9 Å². The van der Waals surface area contributed by atoms with Crippen LogP contribution in [0, 0.1) is 59.2 Å². The van der Waals surface area contributed by atoms with Gasteiger partial charge in [-0.05, 0) is 63.2 Å². The van der Waals surface area contributed by atoms with Gasteiger partial charge < -0.3 is 29.2 Å². The van der Waals surface area contributed by atoms with E-state index in [2.05, 4.69) is 15.5 Å². The monoisotopic (exact) mass is 614 g/mol. The van der Waals surface area contributed by atoms with Crippen molar-refractivity contribution >= 4 is 45.1 Å². The molecule has 7 fully saturated rings. The maximum atomic E-state index is 12.1. The van der Waals surface area contributed by atoms with Gasteiger partial charge in [0.15, 0.2) is 5.79 Å². The predicted octanol–water partition coefficient (Wildman–Crippen LogP) is 2.56. The normalized spacial score (nSPS) is 42.7. The summed E-state index contributed by atoms with van der Waals surface area (Å²) in [6.07, 6.45) is 4.49. The summed E-state index contributed by atoms with van der Waals surface area (Å²) in [6.45, 7) is 4.81. The summed E-state index contributed by atoms with van der Waals surface area (Å²) < 4.78 is 22.2. The molecule has 4 saturated carbocycles. The highest BCUT2D eigenvalue weighted by Gasteiger charge is 2.60. The minimum absolute atomic E-state index is 0. The molecule has 12 atom stereocenters. The Labute approximate surface area is 261 Å². The fraction of sp³-hybridized carbons (Fsp3) is 0.839. The summed E-state index contributed by atoms with van der Waals surface area (Å²) in [5.74, 6) is -4.23. The topological polar surface area (TPSA) is 163 Å². The number of hydrogen-bond donors (Lipinski definition) is 2. The van der Waals surface area contributed by atoms with E-state index in [-0.39, 0.29) is 84.7 Å². The van der Waals surface area contributed by atoms with Crippen molar-refractivity contribution in [3.63, 3.8) is 0 Å². The molecule has 13 heteroatoms. The number of hydrogen-bond acceptors (Lipinski definition) is 9. The lowest BCUT2D eigenvalue weighted by Crippen LogP contribution is -2.51. The molecule has 0 aromatic carbocycles. The highest BCUT2D eigenvalue weighted by Crippen LogP contribution is 2.56. The Morgan fingerprint density at radius 2 is 1.27 bits per heavy atom. The molecule has 11 nitrogen and oxygen atoms in total. The zero-order chi connectivity index (χ0) is 31.2. The van der Waals surface area contributed by atoms with Gasteiger partial charge in [-0.2, -0.15) is 0 Å². The molecule has 3 heterocycles. The van der Waals surface area contributed by atoms with Crippen molar-refractivity contribution < 1.29 is 53.1 Å². The number of aliphatic carboxylic acids is 2. The molecule has 44 heavy (non-hydrogen) atoms. The second-order valence-corrected chi connectivity index (χ2v) is 13.3. The number of carbonyl (C=O) groups excluding carboxylic acids is 3. The molecule has 3 saturated heterocycles. The van der Waals surface area contributed by atoms with Crippen LogP contribution in [0.5, 0.6) is 0 Å². The Hall–Kier alpha value is -2.40. The minimum atomic E-state index is -0.843. The first-order valence-electron chi connectivity index (χ1n) is 15.5. The number of fused-ring (bicyclic) bond motifs is 4. The molecule has 1 spiro atoms. The third-order valence-corrected chi connectivity index (χ3v) is 11.4. The van der Waals surface area contributed by atoms with E-state index in [9.17, 15) is 34.2 Å². The second kappa shape index (κ2) is 13.5. The Balaban J connectivity index is 0.000000188. The molecule has 7 rings (SSSR count). The van der Waals surface area contributed by atoms with Crippen LogP contribution in [-0.2, 0) is 42.9 Å². The van der Waals surface area contributed by atoms with Crippen LogP contribution in [-0.4, -0.2) is 86.6 Å². The molecule has 4 radical (unpaired) electrons. The summed E-state index contributed by atoms with van der Waals surface area (Å²) in [4.78, 5) is 59.0. The molecular weight excluding hydrogens is 570 g/mol. The van der Waals surface area contributed by atoms with Gasteiger partial charge in [-0.3, -0.25) is 24.0 Å². The van der Waals surface area contributed by atoms with Crippen molar-refractivity contribution in [2.45, 2.75) is 90.6 Å². The molecule has 0 unspecified atom stereocenters. The second-order valence-electron chi connectivity index (χ2n) is 13.3. The first-order valence-corrected chi connectivity index (χ1v) is 15.5. The lowest BCUT2D eigenvalue weighted by Gasteiger charge is -2.48. The van der Waals surface area contributed by atoms with Gasteiger partial charge >= 0.3 is 23.9 Å². The van der Waals surface area contributed by atoms with Crippen molar-refractivity contribution in [1.29, 1.82) is 0 Å². The number of carboxylic acid groups (broad SMARTS) is 2. The lowest BCUT2D eigenvalue weighted by atomic mass is 9.56. The smallest absolute Gasteiger partial charge is 0.309 e. The van der Waals surface area contributed by atoms with Gasteiger partial charge in [0.25, 0.3) is 0 Å². The third kappa shape index (κ3) is 6.07. The number of rotatable bonds is 2. The number of carbonyl (C=O) groups is 5. The molecular formula is C31H44B2O11. The molecule has 3 aliphatic heterocycles. The van der Waals surface area contributed by atoms with Crippen LogP contribution in [0.4, 0.5) is 0 Å². The summed E-state index contributed by atoms with van der Waals surface area (Å²) in [7, 11) is 8.00. The average molecular weight is 614 g/mol. The highest BCUT2D eigenvalue weighted by atomic mass is 16.7. The molecule has 0 aromatic heterocycles. The van der Waals surface area contributed by atoms with E-state index in [1.165, 1.54) is 0 Å². The van der Waals surface area contributed by atoms with Gasteiger partial charge in [-0.1, -0.05) is 7.43 Å². The van der Waals surface area contributed by atoms with Crippen LogP contribution in [0.2, 0.25) is 0 Å². The first kappa shape index (κ1) is 34.5. The Morgan fingerprint density at radius 1 is 0.795 bits per heavy atom. The molecule has 0 bridgehead atoms. The number of ketones is 1. The number of Topliss-reactive ketones (excluding diaryl/α,β-unsaturated/α-hetero) is 1. The molecule has 0 amide bonds. The fourth-order valence-corrected chi connectivity index (χ4v) is 9.78. The first-order chi connectivity index (χ1) is 20.5. The highest BCUT2D eigenvalue weighted by molar-refractivity contribution is 6.75. The van der Waals surface area contributed by atoms with E-state index >= 15 is 0 Å². The van der Waals surface area contributed by atoms with Crippen molar-refractivity contribution in [3.05, 3.63) is 0 Å². The summed E-state index contributed by atoms with van der Waals surface area (Å²) in [6, 6.07) is 0. The van der Waals surface area contributed by atoms with E-state index < -0.39 is 29.6 Å². The van der Waals surface area contributed by atoms with Gasteiger partial charge in [0.2, 0.25) is 0 Å². The number of cyclic esters (lactones) is 2. The van der Waals surface area contributed by atoms with Crippen LogP contribution in [0.3, 0.4) is 0 Å². The largest absolute Gasteiger partial charge is 0.481 e. The fourth-order valence-electron chi connectivity index (χ4n) is 9.78. The summed E-state index contributed by atoms with van der Waals surface area (Å²) in [5.41, 5.74) is 0. The minimum Gasteiger partial charge on any atom is -0.481 e. The predicted molar refractivity (Wildman–Crippen MR) is 156 cm³/mol. The van der Waals surface area contributed by atoms with Crippen LogP contribution < -0.4 is 0 Å². The van der Waals surface area contributed by atoms with Crippen molar-refractivity contribution in [1.82, 2.24) is 0 Å². The van der Waals surface area contributed by atoms with Gasteiger partial charge in [-0.15, -0.1) is 0 Å². The van der Waals surface area contributed by atoms with E-state index in [1.54, 1.807) is 6.92 Å². The van der Waals surface area contributed by atoms with Crippen molar-refractivity contribution in [2.75, 3.05) is 13.2 Å². The number of ether oxygens (including phenoxy) is 4. The summed E-state index contributed by atoms with van der Waals surface area (Å²) in [5, 5.41) is 19.3. The molecule has 0 aromatic rings. The third-order valence-electron chi connectivity index (χ3n) is 11.4. The quantitative estimate of drug-likeness (QED) is 0.347. The zero-order valence-corrected chi connectivity index (χ0v) is 24.7. The van der Waals surface area contributed by atoms with Crippen LogP contribution >= 0.6 is 0 Å². The van der Waals surface area contributed by atoms with Crippen molar-refractivity contribution in [3.8, 4) is 0 Å². The van der Waals surface area contributed by atoms with Gasteiger partial charge in [0.1, 0.15) is 18.0 Å². The van der Waals surface area contributed by atoms with Gasteiger partial charge in [0, 0.05) is 53.0 Å². The Bertz CT molecular complexity index is 1120. The van der Waals surface area contributed by atoms with E-state index in [0.29, 0.717) is 51.7 Å². The van der Waals surface area contributed by atoms with Crippen molar-refractivity contribution in [2.24, 2.45) is 59.2 Å². The molecule has 240 valence electrons. The standard InChI is InChI=1S/C16H22O6.C14H18O5.CH4.B2/c1-8-12-11(15(19)22-8)6-9-7-16(20-4-5-21-16)3-2-10(9)13(12)14(17)18;1-6-11-10(14(18)19-6)5-7-4-8(15)2-3-9(7)12(11)13(16)17;;1-2/h8-13H,2-7H2,1H3,(H,17,18);6-7,9-12H,2-5H2,1H3,(H,16,17);1H4;/t8-,9-,10-,11-,12-,13+;6-,7+,9-,10-,11-,12+;;/m11../s1. The molecule has 4 aliphatic carbocycles. The maximum Gasteiger partial charge on any atom is 0.309 e. The van der Waals surface area contributed by atoms with Crippen LogP contribution in [0.15, 0.2) is 0 Å². The SMILES string of the molecule is C.C[C@H]1OC(=O)[C@@H]2C[C@@H]3CC(=O)CC[C@H]3[C@H](C(=O)O)[C@H]12.C[C@H]1OC(=O)[C@@H]2C[C@@H]3CC4(CC[C@H]3[C@H](C(=O)O)[C@H]12)OCCO4.[B][B]. The molecule has 7 aliphatic rings. The zero-order valence-electron chi connectivity index (χ0n) is 24.7. The van der Waals surface area contributed by atoms with Gasteiger partial charge in [-0.25, -0.2) is 0 Å². The van der Waals surface area contributed by atoms with E-state index in [1.807, 2.05) is 6.92 Å². The number of esters is 2. The van der Waals surface area contributed by atoms with E-state index in [0.717, 1.165) is 12.8 Å². The number of carboxylic acids is 2. The summed E-state index contributed by atoms with van der Waals surface area (Å²) >= 11 is 0. The Kier molecular flexibility index (Phi) is 10.6. The Morgan fingerprint density at radius 3 is 1.77 bits per heavy atom.